The summed E-state index contributed by atoms with van der Waals surface area (Å²) in [6, 6.07) is 4.51. The third kappa shape index (κ3) is 2.92. The van der Waals surface area contributed by atoms with Crippen LogP contribution >= 0.6 is 12.4 Å². The van der Waals surface area contributed by atoms with Gasteiger partial charge in [0.15, 0.2) is 17.0 Å². The van der Waals surface area contributed by atoms with Gasteiger partial charge in [0.25, 0.3) is 0 Å². The maximum Gasteiger partial charge on any atom is 0.183 e. The third-order valence-corrected chi connectivity index (χ3v) is 8.34. The number of aryl methyl sites for hydroxylation is 1. The van der Waals surface area contributed by atoms with Gasteiger partial charge in [-0.05, 0) is 67.9 Å². The first-order valence-corrected chi connectivity index (χ1v) is 11.6. The van der Waals surface area contributed by atoms with Crippen molar-refractivity contribution in [1.82, 2.24) is 25.1 Å². The van der Waals surface area contributed by atoms with E-state index in [4.69, 9.17) is 15.7 Å². The second-order valence-electron chi connectivity index (χ2n) is 9.94. The summed E-state index contributed by atoms with van der Waals surface area (Å²) in [7, 11) is 0. The Labute approximate surface area is 193 Å². The fraction of sp³-hybridized carbons (Fsp3) is 0.565. The van der Waals surface area contributed by atoms with E-state index >= 15 is 0 Å². The predicted molar refractivity (Wildman–Crippen MR) is 127 cm³/mol. The summed E-state index contributed by atoms with van der Waals surface area (Å²) in [6.45, 7) is 2.94. The molecule has 3 aromatic heterocycles. The zero-order valence-corrected chi connectivity index (χ0v) is 18.9. The van der Waals surface area contributed by atoms with E-state index in [0.29, 0.717) is 11.5 Å². The number of hydrogen-bond acceptors (Lipinski definition) is 7. The molecule has 3 aromatic rings. The highest BCUT2D eigenvalue weighted by molar-refractivity contribution is 5.87. The normalized spacial score (nSPS) is 27.8. The highest BCUT2D eigenvalue weighted by Gasteiger charge is 2.59. The zero-order chi connectivity index (χ0) is 20.6. The third-order valence-electron chi connectivity index (χ3n) is 8.34. The first kappa shape index (κ1) is 20.2. The van der Waals surface area contributed by atoms with Gasteiger partial charge >= 0.3 is 0 Å². The van der Waals surface area contributed by atoms with Crippen molar-refractivity contribution in [2.45, 2.75) is 44.6 Å². The summed E-state index contributed by atoms with van der Waals surface area (Å²) in [4.78, 5) is 18.8. The van der Waals surface area contributed by atoms with Gasteiger partial charge in [0, 0.05) is 31.9 Å². The van der Waals surface area contributed by atoms with E-state index in [2.05, 4.69) is 31.0 Å². The molecule has 0 amide bonds. The molecular formula is C23H29ClN8. The van der Waals surface area contributed by atoms with Crippen LogP contribution in [0.2, 0.25) is 0 Å². The van der Waals surface area contributed by atoms with Crippen LogP contribution in [0.3, 0.4) is 0 Å². The molecule has 3 atom stereocenters. The lowest BCUT2D eigenvalue weighted by Crippen LogP contribution is -2.48. The summed E-state index contributed by atoms with van der Waals surface area (Å²) in [6.07, 6.45) is 10.9. The number of nitrogens with one attached hydrogen (secondary N) is 1. The summed E-state index contributed by atoms with van der Waals surface area (Å²) >= 11 is 0. The molecule has 1 saturated heterocycles. The van der Waals surface area contributed by atoms with Crippen molar-refractivity contribution in [2.24, 2.45) is 23.0 Å². The fourth-order valence-corrected chi connectivity index (χ4v) is 6.51. The van der Waals surface area contributed by atoms with Crippen LogP contribution in [0, 0.1) is 17.3 Å². The van der Waals surface area contributed by atoms with Crippen LogP contribution in [0.4, 0.5) is 17.3 Å². The van der Waals surface area contributed by atoms with E-state index in [-0.39, 0.29) is 12.4 Å². The smallest absolute Gasteiger partial charge is 0.183 e. The molecule has 8 nitrogen and oxygen atoms in total. The van der Waals surface area contributed by atoms with Crippen molar-refractivity contribution in [3.63, 3.8) is 0 Å². The molecule has 5 heterocycles. The van der Waals surface area contributed by atoms with Crippen molar-refractivity contribution < 1.29 is 0 Å². The Morgan fingerprint density at radius 1 is 1.16 bits per heavy atom. The first-order chi connectivity index (χ1) is 15.2. The van der Waals surface area contributed by atoms with Gasteiger partial charge in [-0.3, -0.25) is 10.1 Å². The Hall–Kier alpha value is -2.45. The number of hydrogen-bond donors (Lipinski definition) is 2. The fourth-order valence-electron chi connectivity index (χ4n) is 6.51. The molecule has 3 N–H and O–H groups in total. The van der Waals surface area contributed by atoms with Gasteiger partial charge in [-0.2, -0.15) is 5.10 Å². The van der Waals surface area contributed by atoms with Crippen LogP contribution in [0.15, 0.2) is 24.5 Å². The number of pyridine rings is 1. The molecule has 32 heavy (non-hydrogen) atoms. The van der Waals surface area contributed by atoms with Gasteiger partial charge in [0.05, 0.1) is 17.6 Å². The molecule has 9 heteroatoms. The SMILES string of the molecule is Cl.N[C@H]1[C@H]2C[C@H]2CC12CCN(c1cnc3c(N4CCCc5ncccc54)n[nH]c3n1)CC2. The number of halogens is 1. The molecule has 3 fully saturated rings. The number of nitrogens with zero attached hydrogens (tertiary/aromatic N) is 6. The Morgan fingerprint density at radius 2 is 2.03 bits per heavy atom. The number of aromatic nitrogens is 5. The molecule has 1 spiro atoms. The largest absolute Gasteiger partial charge is 0.355 e. The predicted octanol–water partition coefficient (Wildman–Crippen LogP) is 3.21. The molecule has 0 aromatic carbocycles. The van der Waals surface area contributed by atoms with E-state index in [9.17, 15) is 0 Å². The van der Waals surface area contributed by atoms with Gasteiger partial charge in [-0.25, -0.2) is 9.97 Å². The van der Waals surface area contributed by atoms with Crippen LogP contribution in [0.5, 0.6) is 0 Å². The Kier molecular flexibility index (Phi) is 4.59. The van der Waals surface area contributed by atoms with Gasteiger partial charge in [0.2, 0.25) is 0 Å². The van der Waals surface area contributed by atoms with Crippen LogP contribution in [-0.2, 0) is 6.42 Å². The zero-order valence-electron chi connectivity index (χ0n) is 18.1. The van der Waals surface area contributed by atoms with Crippen molar-refractivity contribution >= 4 is 40.9 Å². The highest BCUT2D eigenvalue weighted by Crippen LogP contribution is 2.62. The molecular weight excluding hydrogens is 424 g/mol. The summed E-state index contributed by atoms with van der Waals surface area (Å²) in [5, 5.41) is 7.73. The highest BCUT2D eigenvalue weighted by atomic mass is 35.5. The van der Waals surface area contributed by atoms with E-state index in [1.807, 2.05) is 18.5 Å². The number of H-pyrrole nitrogens is 1. The van der Waals surface area contributed by atoms with E-state index in [1.165, 1.54) is 25.7 Å². The van der Waals surface area contributed by atoms with Crippen LogP contribution in [-0.4, -0.2) is 50.8 Å². The second kappa shape index (κ2) is 7.28. The van der Waals surface area contributed by atoms with Gasteiger partial charge in [0.1, 0.15) is 5.82 Å². The molecule has 168 valence electrons. The lowest BCUT2D eigenvalue weighted by atomic mass is 9.72. The lowest BCUT2D eigenvalue weighted by molar-refractivity contribution is 0.172. The average Bonchev–Trinajstić information content (AvgIpc) is 3.36. The van der Waals surface area contributed by atoms with E-state index in [1.54, 1.807) is 0 Å². The number of fused-ring (bicyclic) bond motifs is 3. The quantitative estimate of drug-likeness (QED) is 0.615. The van der Waals surface area contributed by atoms with Crippen LogP contribution in [0.25, 0.3) is 11.2 Å². The molecule has 2 aliphatic heterocycles. The minimum Gasteiger partial charge on any atom is -0.355 e. The maximum absolute atomic E-state index is 6.63. The standard InChI is InChI=1S/C23H28N8.ClH/c24-20-15-11-14(15)12-23(20)5-9-30(10-6-23)18-13-26-19-21(27-18)28-29-22(19)31-8-2-3-16-17(31)4-1-7-25-16;/h1,4,7,13-15,20H,2-3,5-6,8-12,24H2,(H,27,28,29);1H/t14-,15-,20-;/m0./s1. The number of nitrogens with two attached hydrogens (primary N) is 1. The lowest BCUT2D eigenvalue weighted by Gasteiger charge is -2.43. The molecule has 0 bridgehead atoms. The minimum absolute atomic E-state index is 0. The maximum atomic E-state index is 6.63. The summed E-state index contributed by atoms with van der Waals surface area (Å²) in [5.41, 5.74) is 10.8. The average molecular weight is 453 g/mol. The van der Waals surface area contributed by atoms with Crippen molar-refractivity contribution in [3.05, 3.63) is 30.2 Å². The number of aromatic amines is 1. The van der Waals surface area contributed by atoms with Gasteiger partial charge in [-0.1, -0.05) is 0 Å². The van der Waals surface area contributed by atoms with Gasteiger partial charge < -0.3 is 15.5 Å². The molecule has 7 rings (SSSR count). The number of rotatable bonds is 2. The molecule has 0 unspecified atom stereocenters. The topological polar surface area (TPSA) is 99.9 Å². The Bertz CT molecular complexity index is 1150. The van der Waals surface area contributed by atoms with Crippen LogP contribution < -0.4 is 15.5 Å². The monoisotopic (exact) mass is 452 g/mol. The minimum atomic E-state index is 0. The van der Waals surface area contributed by atoms with Crippen molar-refractivity contribution in [2.75, 3.05) is 29.4 Å². The molecule has 2 saturated carbocycles. The molecule has 4 aliphatic rings. The second-order valence-corrected chi connectivity index (χ2v) is 9.94. The summed E-state index contributed by atoms with van der Waals surface area (Å²) < 4.78 is 0. The number of piperidine rings is 1. The Morgan fingerprint density at radius 3 is 2.84 bits per heavy atom. The molecule has 0 radical (unpaired) electrons. The first-order valence-electron chi connectivity index (χ1n) is 11.6. The van der Waals surface area contributed by atoms with Gasteiger partial charge in [-0.15, -0.1) is 12.4 Å². The van der Waals surface area contributed by atoms with E-state index < -0.39 is 0 Å². The summed E-state index contributed by atoms with van der Waals surface area (Å²) in [5.74, 6) is 3.50. The molecule has 2 aliphatic carbocycles. The Balaban J connectivity index is 0.00000196. The van der Waals surface area contributed by atoms with E-state index in [0.717, 1.165) is 78.5 Å². The number of anilines is 3. The van der Waals surface area contributed by atoms with Crippen molar-refractivity contribution in [3.8, 4) is 0 Å². The van der Waals surface area contributed by atoms with Crippen molar-refractivity contribution in [1.29, 1.82) is 0 Å². The van der Waals surface area contributed by atoms with Crippen LogP contribution in [0.1, 0.15) is 37.8 Å².